The number of carbonyl (C=O) groups excluding carboxylic acids is 2. The van der Waals surface area contributed by atoms with Gasteiger partial charge in [-0.15, -0.1) is 11.3 Å². The van der Waals surface area contributed by atoms with Crippen molar-refractivity contribution in [1.82, 2.24) is 5.32 Å². The smallest absolute Gasteiger partial charge is 0.251 e. The fourth-order valence-electron chi connectivity index (χ4n) is 2.05. The maximum Gasteiger partial charge on any atom is 0.251 e. The van der Waals surface area contributed by atoms with Crippen LogP contribution in [0.4, 0.5) is 5.00 Å². The molecule has 1 aromatic heterocycles. The van der Waals surface area contributed by atoms with Gasteiger partial charge < -0.3 is 16.4 Å². The van der Waals surface area contributed by atoms with Crippen LogP contribution in [0.15, 0.2) is 11.4 Å². The van der Waals surface area contributed by atoms with Crippen LogP contribution in [-0.4, -0.2) is 24.4 Å². The molecule has 98 valence electrons. The average molecular weight is 267 g/mol. The molecule has 1 atom stereocenters. The highest BCUT2D eigenvalue weighted by Crippen LogP contribution is 2.23. The van der Waals surface area contributed by atoms with Crippen LogP contribution < -0.4 is 16.4 Å². The summed E-state index contributed by atoms with van der Waals surface area (Å²) in [4.78, 5) is 23.2. The molecular weight excluding hydrogens is 250 g/mol. The highest BCUT2D eigenvalue weighted by atomic mass is 32.1. The second-order valence-electron chi connectivity index (χ2n) is 4.37. The van der Waals surface area contributed by atoms with E-state index in [1.807, 2.05) is 0 Å². The first-order chi connectivity index (χ1) is 8.68. The molecule has 18 heavy (non-hydrogen) atoms. The van der Waals surface area contributed by atoms with E-state index in [0.29, 0.717) is 10.6 Å². The Labute approximate surface area is 110 Å². The molecule has 0 radical (unpaired) electrons. The van der Waals surface area contributed by atoms with Crippen molar-refractivity contribution < 1.29 is 9.59 Å². The van der Waals surface area contributed by atoms with Gasteiger partial charge in [-0.05, 0) is 30.8 Å². The number of rotatable bonds is 3. The van der Waals surface area contributed by atoms with Gasteiger partial charge >= 0.3 is 0 Å². The number of carbonyl (C=O) groups is 2. The van der Waals surface area contributed by atoms with Gasteiger partial charge in [-0.2, -0.15) is 0 Å². The lowest BCUT2D eigenvalue weighted by atomic mass is 10.1. The van der Waals surface area contributed by atoms with Crippen LogP contribution in [0, 0.1) is 0 Å². The first-order valence-electron chi connectivity index (χ1n) is 6.10. The molecule has 6 heteroatoms. The van der Waals surface area contributed by atoms with E-state index in [-0.39, 0.29) is 11.9 Å². The number of thiophene rings is 1. The fourth-order valence-corrected chi connectivity index (χ4v) is 2.85. The molecule has 1 fully saturated rings. The van der Waals surface area contributed by atoms with Crippen molar-refractivity contribution in [3.05, 3.63) is 17.0 Å². The minimum Gasteiger partial charge on any atom is -0.366 e. The van der Waals surface area contributed by atoms with Gasteiger partial charge in [-0.3, -0.25) is 9.59 Å². The summed E-state index contributed by atoms with van der Waals surface area (Å²) in [6.07, 6.45) is 4.15. The molecule has 4 N–H and O–H groups in total. The van der Waals surface area contributed by atoms with Crippen molar-refractivity contribution >= 4 is 28.2 Å². The molecule has 1 aliphatic heterocycles. The van der Waals surface area contributed by atoms with E-state index in [0.717, 1.165) is 32.2 Å². The summed E-state index contributed by atoms with van der Waals surface area (Å²) in [5, 5.41) is 8.29. The lowest BCUT2D eigenvalue weighted by Crippen LogP contribution is -2.40. The zero-order valence-corrected chi connectivity index (χ0v) is 10.9. The molecule has 1 aliphatic rings. The number of anilines is 1. The topological polar surface area (TPSA) is 84.2 Å². The molecule has 2 heterocycles. The second-order valence-corrected chi connectivity index (χ2v) is 5.29. The van der Waals surface area contributed by atoms with Gasteiger partial charge in [0.25, 0.3) is 5.91 Å². The number of amides is 2. The Morgan fingerprint density at radius 3 is 3.00 bits per heavy atom. The van der Waals surface area contributed by atoms with Crippen molar-refractivity contribution in [3.8, 4) is 0 Å². The SMILES string of the molecule is NC(=O)c1ccsc1NC(=O)C1CCCCCN1. The number of hydrogen-bond donors (Lipinski definition) is 3. The summed E-state index contributed by atoms with van der Waals surface area (Å²) in [5.74, 6) is -0.595. The largest absolute Gasteiger partial charge is 0.366 e. The van der Waals surface area contributed by atoms with Crippen LogP contribution in [0.25, 0.3) is 0 Å². The van der Waals surface area contributed by atoms with E-state index in [1.165, 1.54) is 11.3 Å². The number of nitrogens with one attached hydrogen (secondary N) is 2. The summed E-state index contributed by atoms with van der Waals surface area (Å²) in [6, 6.07) is 1.46. The summed E-state index contributed by atoms with van der Waals surface area (Å²) in [7, 11) is 0. The van der Waals surface area contributed by atoms with Gasteiger partial charge in [-0.25, -0.2) is 0 Å². The lowest BCUT2D eigenvalue weighted by molar-refractivity contribution is -0.118. The van der Waals surface area contributed by atoms with Crippen LogP contribution in [0.2, 0.25) is 0 Å². The Hall–Kier alpha value is -1.40. The van der Waals surface area contributed by atoms with Crippen molar-refractivity contribution in [3.63, 3.8) is 0 Å². The number of primary amides is 1. The highest BCUT2D eigenvalue weighted by Gasteiger charge is 2.21. The quantitative estimate of drug-likeness (QED) is 0.772. The molecule has 5 nitrogen and oxygen atoms in total. The monoisotopic (exact) mass is 267 g/mol. The Morgan fingerprint density at radius 1 is 1.39 bits per heavy atom. The molecular formula is C12H17N3O2S. The highest BCUT2D eigenvalue weighted by molar-refractivity contribution is 7.14. The molecule has 2 rings (SSSR count). The van der Waals surface area contributed by atoms with Gasteiger partial charge in [-0.1, -0.05) is 12.8 Å². The molecule has 2 amide bonds. The average Bonchev–Trinajstić information content (AvgIpc) is 2.63. The molecule has 0 bridgehead atoms. The predicted molar refractivity (Wildman–Crippen MR) is 71.7 cm³/mol. The maximum absolute atomic E-state index is 12.1. The van der Waals surface area contributed by atoms with E-state index in [1.54, 1.807) is 11.4 Å². The predicted octanol–water partition coefficient (Wildman–Crippen LogP) is 1.32. The normalized spacial score (nSPS) is 20.1. The summed E-state index contributed by atoms with van der Waals surface area (Å²) in [6.45, 7) is 0.866. The van der Waals surface area contributed by atoms with Crippen LogP contribution in [0.3, 0.4) is 0 Å². The maximum atomic E-state index is 12.1. The lowest BCUT2D eigenvalue weighted by Gasteiger charge is -2.15. The van der Waals surface area contributed by atoms with Gasteiger partial charge in [0.1, 0.15) is 5.00 Å². The fraction of sp³-hybridized carbons (Fsp3) is 0.500. The second kappa shape index (κ2) is 5.97. The van der Waals surface area contributed by atoms with E-state index in [2.05, 4.69) is 10.6 Å². The summed E-state index contributed by atoms with van der Waals surface area (Å²) in [5.41, 5.74) is 5.62. The minimum atomic E-state index is -0.514. The van der Waals surface area contributed by atoms with Gasteiger partial charge in [0.05, 0.1) is 11.6 Å². The van der Waals surface area contributed by atoms with E-state index >= 15 is 0 Å². The third-order valence-electron chi connectivity index (χ3n) is 3.04. The van der Waals surface area contributed by atoms with Crippen LogP contribution >= 0.6 is 11.3 Å². The molecule has 1 saturated heterocycles. The third-order valence-corrected chi connectivity index (χ3v) is 3.87. The molecule has 0 saturated carbocycles. The zero-order valence-electron chi connectivity index (χ0n) is 10.1. The minimum absolute atomic E-state index is 0.0816. The van der Waals surface area contributed by atoms with Crippen LogP contribution in [-0.2, 0) is 4.79 Å². The first-order valence-corrected chi connectivity index (χ1v) is 6.98. The summed E-state index contributed by atoms with van der Waals surface area (Å²) < 4.78 is 0. The van der Waals surface area contributed by atoms with Crippen LogP contribution in [0.1, 0.15) is 36.0 Å². The van der Waals surface area contributed by atoms with Crippen molar-refractivity contribution in [1.29, 1.82) is 0 Å². The zero-order chi connectivity index (χ0) is 13.0. The van der Waals surface area contributed by atoms with E-state index < -0.39 is 5.91 Å². The van der Waals surface area contributed by atoms with E-state index in [4.69, 9.17) is 5.73 Å². The van der Waals surface area contributed by atoms with Gasteiger partial charge in [0.2, 0.25) is 5.91 Å². The van der Waals surface area contributed by atoms with Crippen molar-refractivity contribution in [2.75, 3.05) is 11.9 Å². The Balaban J connectivity index is 2.01. The van der Waals surface area contributed by atoms with Gasteiger partial charge in [0.15, 0.2) is 0 Å². The Kier molecular flexibility index (Phi) is 4.33. The van der Waals surface area contributed by atoms with Crippen molar-refractivity contribution in [2.45, 2.75) is 31.7 Å². The molecule has 0 spiro atoms. The summed E-state index contributed by atoms with van der Waals surface area (Å²) >= 11 is 1.31. The molecule has 1 aromatic rings. The van der Waals surface area contributed by atoms with Crippen LogP contribution in [0.5, 0.6) is 0 Å². The first kappa shape index (κ1) is 13.0. The standard InChI is InChI=1S/C12H17N3O2S/c13-10(16)8-5-7-18-12(8)15-11(17)9-4-2-1-3-6-14-9/h5,7,9,14H,1-4,6H2,(H2,13,16)(H,15,17). The van der Waals surface area contributed by atoms with Gasteiger partial charge in [0, 0.05) is 0 Å². The van der Waals surface area contributed by atoms with E-state index in [9.17, 15) is 9.59 Å². The Morgan fingerprint density at radius 2 is 2.22 bits per heavy atom. The Bertz CT molecular complexity index is 436. The third kappa shape index (κ3) is 3.08. The molecule has 0 aromatic carbocycles. The van der Waals surface area contributed by atoms with Crippen molar-refractivity contribution in [2.24, 2.45) is 5.73 Å². The number of hydrogen-bond acceptors (Lipinski definition) is 4. The molecule has 0 aliphatic carbocycles. The number of nitrogens with two attached hydrogens (primary N) is 1. The molecule has 1 unspecified atom stereocenters.